The molecule has 0 saturated heterocycles. The van der Waals surface area contributed by atoms with E-state index in [-0.39, 0.29) is 6.04 Å². The second kappa shape index (κ2) is 6.59. The van der Waals surface area contributed by atoms with Gasteiger partial charge in [0, 0.05) is 6.07 Å². The summed E-state index contributed by atoms with van der Waals surface area (Å²) >= 11 is 0. The van der Waals surface area contributed by atoms with Crippen molar-refractivity contribution in [3.8, 4) is 11.5 Å². The quantitative estimate of drug-likeness (QED) is 0.486. The molecule has 0 radical (unpaired) electrons. The van der Waals surface area contributed by atoms with E-state index in [1.165, 1.54) is 18.4 Å². The van der Waals surface area contributed by atoms with Gasteiger partial charge in [0.2, 0.25) is 0 Å². The summed E-state index contributed by atoms with van der Waals surface area (Å²) in [5, 5.41) is 0. The van der Waals surface area contributed by atoms with E-state index in [0.29, 0.717) is 0 Å². The van der Waals surface area contributed by atoms with Gasteiger partial charge >= 0.3 is 0 Å². The number of methoxy groups -OCH3 is 2. The van der Waals surface area contributed by atoms with Crippen molar-refractivity contribution >= 4 is 0 Å². The third-order valence-electron chi connectivity index (χ3n) is 3.57. The van der Waals surface area contributed by atoms with Crippen molar-refractivity contribution in [2.75, 3.05) is 14.2 Å². The lowest BCUT2D eigenvalue weighted by Crippen LogP contribution is -2.30. The number of hydrogen-bond donors (Lipinski definition) is 2. The monoisotopic (exact) mass is 262 g/mol. The van der Waals surface area contributed by atoms with Crippen LogP contribution in [0.15, 0.2) is 29.8 Å². The molecule has 4 heteroatoms. The molecule has 0 bridgehead atoms. The largest absolute Gasteiger partial charge is 0.497 e. The van der Waals surface area contributed by atoms with Crippen molar-refractivity contribution in [2.24, 2.45) is 5.84 Å². The zero-order chi connectivity index (χ0) is 13.7. The number of allylic oxidation sites excluding steroid dienone is 1. The topological polar surface area (TPSA) is 56.5 Å². The normalized spacial score (nSPS) is 16.7. The van der Waals surface area contributed by atoms with E-state index in [0.717, 1.165) is 29.9 Å². The van der Waals surface area contributed by atoms with Gasteiger partial charge in [-0.05, 0) is 43.4 Å². The molecule has 0 amide bonds. The van der Waals surface area contributed by atoms with Gasteiger partial charge in [-0.25, -0.2) is 5.43 Å². The Labute approximate surface area is 114 Å². The molecule has 0 fully saturated rings. The maximum Gasteiger partial charge on any atom is 0.122 e. The molecule has 1 aromatic carbocycles. The Bertz CT molecular complexity index is 435. The Morgan fingerprint density at radius 3 is 2.26 bits per heavy atom. The number of nitrogens with two attached hydrogens (primary N) is 1. The Kier molecular flexibility index (Phi) is 4.82. The fraction of sp³-hybridized carbons (Fsp3) is 0.467. The van der Waals surface area contributed by atoms with Gasteiger partial charge in [-0.2, -0.15) is 0 Å². The molecule has 104 valence electrons. The van der Waals surface area contributed by atoms with Crippen molar-refractivity contribution in [2.45, 2.75) is 31.7 Å². The van der Waals surface area contributed by atoms with E-state index in [1.807, 2.05) is 18.2 Å². The van der Waals surface area contributed by atoms with Crippen molar-refractivity contribution in [3.05, 3.63) is 35.4 Å². The predicted octanol–water partition coefficient (Wildman–Crippen LogP) is 2.71. The van der Waals surface area contributed by atoms with Crippen molar-refractivity contribution in [1.29, 1.82) is 0 Å². The van der Waals surface area contributed by atoms with E-state index in [1.54, 1.807) is 14.2 Å². The van der Waals surface area contributed by atoms with E-state index in [2.05, 4.69) is 11.5 Å². The summed E-state index contributed by atoms with van der Waals surface area (Å²) in [6.07, 6.45) is 7.01. The van der Waals surface area contributed by atoms with Crippen LogP contribution in [0.3, 0.4) is 0 Å². The zero-order valence-corrected chi connectivity index (χ0v) is 11.6. The molecule has 1 aliphatic carbocycles. The SMILES string of the molecule is COc1cc(OC)cc(C(NN)C2=CCCCC2)c1. The van der Waals surface area contributed by atoms with Crippen LogP contribution >= 0.6 is 0 Å². The fourth-order valence-corrected chi connectivity index (χ4v) is 2.54. The molecular weight excluding hydrogens is 240 g/mol. The van der Waals surface area contributed by atoms with Gasteiger partial charge in [0.25, 0.3) is 0 Å². The molecule has 1 aromatic rings. The first-order valence-electron chi connectivity index (χ1n) is 6.66. The summed E-state index contributed by atoms with van der Waals surface area (Å²) in [7, 11) is 3.31. The highest BCUT2D eigenvalue weighted by Crippen LogP contribution is 2.33. The predicted molar refractivity (Wildman–Crippen MR) is 76.2 cm³/mol. The van der Waals surface area contributed by atoms with Gasteiger partial charge in [-0.15, -0.1) is 0 Å². The fourth-order valence-electron chi connectivity index (χ4n) is 2.54. The summed E-state index contributed by atoms with van der Waals surface area (Å²) in [5.74, 6) is 7.31. The molecule has 4 nitrogen and oxygen atoms in total. The molecular formula is C15H22N2O2. The van der Waals surface area contributed by atoms with Gasteiger partial charge in [0.05, 0.1) is 20.3 Å². The first kappa shape index (κ1) is 13.9. The average molecular weight is 262 g/mol. The highest BCUT2D eigenvalue weighted by atomic mass is 16.5. The molecule has 0 saturated carbocycles. The van der Waals surface area contributed by atoms with Crippen LogP contribution in [-0.4, -0.2) is 14.2 Å². The number of benzene rings is 1. The minimum Gasteiger partial charge on any atom is -0.497 e. The van der Waals surface area contributed by atoms with Crippen LogP contribution in [-0.2, 0) is 0 Å². The molecule has 19 heavy (non-hydrogen) atoms. The van der Waals surface area contributed by atoms with E-state index in [4.69, 9.17) is 15.3 Å². The van der Waals surface area contributed by atoms with Gasteiger partial charge < -0.3 is 9.47 Å². The van der Waals surface area contributed by atoms with Gasteiger partial charge in [0.15, 0.2) is 0 Å². The molecule has 1 atom stereocenters. The summed E-state index contributed by atoms with van der Waals surface area (Å²) in [6, 6.07) is 5.90. The smallest absolute Gasteiger partial charge is 0.122 e. The average Bonchev–Trinajstić information content (AvgIpc) is 2.48. The summed E-state index contributed by atoms with van der Waals surface area (Å²) in [5.41, 5.74) is 5.34. The molecule has 0 aromatic heterocycles. The third-order valence-corrected chi connectivity index (χ3v) is 3.57. The Balaban J connectivity index is 2.33. The van der Waals surface area contributed by atoms with Crippen LogP contribution in [0.5, 0.6) is 11.5 Å². The number of rotatable bonds is 5. The highest BCUT2D eigenvalue weighted by molar-refractivity contribution is 5.42. The molecule has 1 aliphatic rings. The number of nitrogens with one attached hydrogen (secondary N) is 1. The highest BCUT2D eigenvalue weighted by Gasteiger charge is 2.18. The first-order valence-corrected chi connectivity index (χ1v) is 6.66. The van der Waals surface area contributed by atoms with Crippen molar-refractivity contribution in [3.63, 3.8) is 0 Å². The second-order valence-corrected chi connectivity index (χ2v) is 4.77. The lowest BCUT2D eigenvalue weighted by Gasteiger charge is -2.23. The van der Waals surface area contributed by atoms with Crippen molar-refractivity contribution in [1.82, 2.24) is 5.43 Å². The van der Waals surface area contributed by atoms with Crippen LogP contribution in [0.1, 0.15) is 37.3 Å². The van der Waals surface area contributed by atoms with Crippen LogP contribution in [0.4, 0.5) is 0 Å². The second-order valence-electron chi connectivity index (χ2n) is 4.77. The maximum absolute atomic E-state index is 5.75. The van der Waals surface area contributed by atoms with Crippen LogP contribution in [0.2, 0.25) is 0 Å². The molecule has 1 unspecified atom stereocenters. The van der Waals surface area contributed by atoms with E-state index in [9.17, 15) is 0 Å². The standard InChI is InChI=1S/C15H22N2O2/c1-18-13-8-12(9-14(10-13)19-2)15(17-16)11-6-4-3-5-7-11/h6,8-10,15,17H,3-5,7,16H2,1-2H3. The number of ether oxygens (including phenoxy) is 2. The van der Waals surface area contributed by atoms with Gasteiger partial charge in [-0.3, -0.25) is 5.84 Å². The van der Waals surface area contributed by atoms with Crippen LogP contribution < -0.4 is 20.7 Å². The Morgan fingerprint density at radius 2 is 1.79 bits per heavy atom. The molecule has 0 heterocycles. The third kappa shape index (κ3) is 3.28. The zero-order valence-electron chi connectivity index (χ0n) is 11.6. The first-order chi connectivity index (χ1) is 9.28. The number of hydrogen-bond acceptors (Lipinski definition) is 4. The van der Waals surface area contributed by atoms with Gasteiger partial charge in [0.1, 0.15) is 11.5 Å². The minimum atomic E-state index is 0.0318. The summed E-state index contributed by atoms with van der Waals surface area (Å²) in [4.78, 5) is 0. The molecule has 3 N–H and O–H groups in total. The Morgan fingerprint density at radius 1 is 1.11 bits per heavy atom. The number of hydrazine groups is 1. The van der Waals surface area contributed by atoms with E-state index < -0.39 is 0 Å². The molecule has 2 rings (SSSR count). The minimum absolute atomic E-state index is 0.0318. The Hall–Kier alpha value is -1.52. The van der Waals surface area contributed by atoms with Crippen molar-refractivity contribution < 1.29 is 9.47 Å². The van der Waals surface area contributed by atoms with E-state index >= 15 is 0 Å². The lowest BCUT2D eigenvalue weighted by molar-refractivity contribution is 0.392. The lowest BCUT2D eigenvalue weighted by atomic mass is 9.90. The summed E-state index contributed by atoms with van der Waals surface area (Å²) < 4.78 is 10.6. The molecule has 0 spiro atoms. The van der Waals surface area contributed by atoms with Gasteiger partial charge in [-0.1, -0.05) is 11.6 Å². The summed E-state index contributed by atoms with van der Waals surface area (Å²) in [6.45, 7) is 0. The van der Waals surface area contributed by atoms with Crippen LogP contribution in [0, 0.1) is 0 Å². The van der Waals surface area contributed by atoms with Crippen LogP contribution in [0.25, 0.3) is 0 Å². The maximum atomic E-state index is 5.75. The molecule has 0 aliphatic heterocycles.